The number of carboxylic acid groups (broad SMARTS) is 1. The molecule has 0 bridgehead atoms. The Kier molecular flexibility index (Phi) is 3.81. The monoisotopic (exact) mass is 274 g/mol. The van der Waals surface area contributed by atoms with E-state index in [1.54, 1.807) is 24.3 Å². The quantitative estimate of drug-likeness (QED) is 0.935. The molecule has 2 aromatic rings. The molecule has 0 aliphatic heterocycles. The highest BCUT2D eigenvalue weighted by Crippen LogP contribution is 2.24. The van der Waals surface area contributed by atoms with E-state index in [-0.39, 0.29) is 5.56 Å². The van der Waals surface area contributed by atoms with Crippen molar-refractivity contribution in [3.8, 4) is 0 Å². The van der Waals surface area contributed by atoms with Crippen LogP contribution in [0.1, 0.15) is 21.5 Å². The predicted molar refractivity (Wildman–Crippen MR) is 74.0 cm³/mol. The molecule has 0 spiro atoms. The van der Waals surface area contributed by atoms with Gasteiger partial charge in [-0.2, -0.15) is 0 Å². The Bertz CT molecular complexity index is 662. The Morgan fingerprint density at radius 1 is 1.00 bits per heavy atom. The van der Waals surface area contributed by atoms with E-state index in [2.05, 4.69) is 0 Å². The summed E-state index contributed by atoms with van der Waals surface area (Å²) in [6.45, 7) is 3.84. The first-order chi connectivity index (χ1) is 9.02. The number of carbonyl (C=O) groups is 1. The van der Waals surface area contributed by atoms with Gasteiger partial charge in [-0.3, -0.25) is 0 Å². The largest absolute Gasteiger partial charge is 0.478 e. The van der Waals surface area contributed by atoms with Crippen LogP contribution >= 0.6 is 0 Å². The first kappa shape index (κ1) is 13.5. The van der Waals surface area contributed by atoms with Crippen LogP contribution in [0.5, 0.6) is 0 Å². The number of aromatic carboxylic acids is 1. The molecule has 2 aromatic carbocycles. The number of rotatable bonds is 3. The lowest BCUT2D eigenvalue weighted by Crippen LogP contribution is -2.05. The Morgan fingerprint density at radius 3 is 2.32 bits per heavy atom. The molecule has 1 atom stereocenters. The van der Waals surface area contributed by atoms with Gasteiger partial charge in [0.15, 0.2) is 0 Å². The third-order valence-electron chi connectivity index (χ3n) is 3.07. The average molecular weight is 274 g/mol. The van der Waals surface area contributed by atoms with Crippen LogP contribution in [0.25, 0.3) is 0 Å². The summed E-state index contributed by atoms with van der Waals surface area (Å²) in [5.41, 5.74) is 2.06. The van der Waals surface area contributed by atoms with E-state index < -0.39 is 16.8 Å². The van der Waals surface area contributed by atoms with E-state index >= 15 is 0 Å². The van der Waals surface area contributed by atoms with Gasteiger partial charge in [-0.15, -0.1) is 0 Å². The molecule has 0 amide bonds. The molecule has 19 heavy (non-hydrogen) atoms. The fourth-order valence-corrected chi connectivity index (χ4v) is 3.28. The first-order valence-electron chi connectivity index (χ1n) is 5.82. The molecular formula is C15H14O3S. The van der Waals surface area contributed by atoms with Crippen molar-refractivity contribution in [3.63, 3.8) is 0 Å². The minimum Gasteiger partial charge on any atom is -0.478 e. The van der Waals surface area contributed by atoms with Crippen molar-refractivity contribution >= 4 is 16.8 Å². The molecule has 0 heterocycles. The Labute approximate surface area is 114 Å². The molecule has 4 heteroatoms. The van der Waals surface area contributed by atoms with E-state index in [0.717, 1.165) is 11.1 Å². The van der Waals surface area contributed by atoms with Crippen LogP contribution in [-0.2, 0) is 10.8 Å². The van der Waals surface area contributed by atoms with Gasteiger partial charge < -0.3 is 5.11 Å². The fraction of sp³-hybridized carbons (Fsp3) is 0.133. The summed E-state index contributed by atoms with van der Waals surface area (Å²) in [4.78, 5) is 12.2. The molecule has 0 fully saturated rings. The third kappa shape index (κ3) is 2.58. The van der Waals surface area contributed by atoms with Crippen LogP contribution in [0.15, 0.2) is 52.3 Å². The van der Waals surface area contributed by atoms with Crippen molar-refractivity contribution in [2.75, 3.05) is 0 Å². The summed E-state index contributed by atoms with van der Waals surface area (Å²) in [5.74, 6) is -1.06. The minimum atomic E-state index is -1.48. The van der Waals surface area contributed by atoms with Gasteiger partial charge in [-0.1, -0.05) is 24.3 Å². The molecule has 0 radical (unpaired) electrons. The maximum atomic E-state index is 12.6. The van der Waals surface area contributed by atoms with Crippen molar-refractivity contribution < 1.29 is 14.1 Å². The molecule has 3 nitrogen and oxygen atoms in total. The Morgan fingerprint density at radius 2 is 1.63 bits per heavy atom. The second-order valence-corrected chi connectivity index (χ2v) is 5.69. The normalized spacial score (nSPS) is 12.1. The van der Waals surface area contributed by atoms with E-state index in [1.807, 2.05) is 26.0 Å². The zero-order valence-corrected chi connectivity index (χ0v) is 11.5. The second kappa shape index (κ2) is 5.36. The molecule has 0 saturated heterocycles. The van der Waals surface area contributed by atoms with E-state index in [0.29, 0.717) is 9.79 Å². The molecule has 0 unspecified atom stereocenters. The van der Waals surface area contributed by atoms with E-state index in [9.17, 15) is 9.00 Å². The van der Waals surface area contributed by atoms with Crippen LogP contribution in [0.2, 0.25) is 0 Å². The maximum absolute atomic E-state index is 12.6. The summed E-state index contributed by atoms with van der Waals surface area (Å²) >= 11 is 0. The van der Waals surface area contributed by atoms with Gasteiger partial charge in [-0.05, 0) is 43.2 Å². The van der Waals surface area contributed by atoms with Gasteiger partial charge in [-0.25, -0.2) is 9.00 Å². The summed E-state index contributed by atoms with van der Waals surface area (Å²) in [6.07, 6.45) is 0. The van der Waals surface area contributed by atoms with Crippen molar-refractivity contribution in [1.29, 1.82) is 0 Å². The molecule has 98 valence electrons. The molecule has 0 aromatic heterocycles. The zero-order chi connectivity index (χ0) is 14.0. The maximum Gasteiger partial charge on any atom is 0.336 e. The van der Waals surface area contributed by atoms with Crippen LogP contribution < -0.4 is 0 Å². The smallest absolute Gasteiger partial charge is 0.336 e. The van der Waals surface area contributed by atoms with Crippen molar-refractivity contribution in [3.05, 3.63) is 59.2 Å². The number of carboxylic acids is 1. The highest BCUT2D eigenvalue weighted by atomic mass is 32.2. The molecule has 0 saturated carbocycles. The lowest BCUT2D eigenvalue weighted by atomic mass is 10.1. The van der Waals surface area contributed by atoms with Crippen LogP contribution in [0.3, 0.4) is 0 Å². The lowest BCUT2D eigenvalue weighted by molar-refractivity contribution is 0.0693. The van der Waals surface area contributed by atoms with Gasteiger partial charge in [0.25, 0.3) is 0 Å². The summed E-state index contributed by atoms with van der Waals surface area (Å²) < 4.78 is 12.6. The highest BCUT2D eigenvalue weighted by molar-refractivity contribution is 7.85. The van der Waals surface area contributed by atoms with E-state index in [4.69, 9.17) is 5.11 Å². The van der Waals surface area contributed by atoms with Gasteiger partial charge in [0.2, 0.25) is 0 Å². The lowest BCUT2D eigenvalue weighted by Gasteiger charge is -2.10. The molecular weight excluding hydrogens is 260 g/mol. The topological polar surface area (TPSA) is 54.4 Å². The van der Waals surface area contributed by atoms with Crippen molar-refractivity contribution in [1.82, 2.24) is 0 Å². The average Bonchev–Trinajstić information content (AvgIpc) is 2.41. The minimum absolute atomic E-state index is 0.0849. The second-order valence-electron chi connectivity index (χ2n) is 4.27. The highest BCUT2D eigenvalue weighted by Gasteiger charge is 2.17. The predicted octanol–water partition coefficient (Wildman–Crippen LogP) is 3.17. The number of hydrogen-bond donors (Lipinski definition) is 1. The fourth-order valence-electron chi connectivity index (χ4n) is 1.85. The zero-order valence-electron chi connectivity index (χ0n) is 10.7. The number of aryl methyl sites for hydroxylation is 1. The standard InChI is InChI=1S/C15H14O3S/c1-10-6-5-9-13(11(10)2)19(18)14-8-4-3-7-12(14)15(16)17/h3-9H,1-2H3,(H,16,17)/t19-/m0/s1. The molecule has 0 aliphatic rings. The Balaban J connectivity index is 2.57. The van der Waals surface area contributed by atoms with Crippen molar-refractivity contribution in [2.45, 2.75) is 23.6 Å². The Hall–Kier alpha value is -1.94. The molecule has 1 N–H and O–H groups in total. The molecule has 2 rings (SSSR count). The SMILES string of the molecule is Cc1cccc([S@](=O)c2ccccc2C(=O)O)c1C. The summed E-state index contributed by atoms with van der Waals surface area (Å²) in [7, 11) is -1.48. The van der Waals surface area contributed by atoms with Gasteiger partial charge in [0, 0.05) is 4.90 Å². The molecule has 0 aliphatic carbocycles. The van der Waals surface area contributed by atoms with Gasteiger partial charge >= 0.3 is 5.97 Å². The van der Waals surface area contributed by atoms with Crippen LogP contribution in [0.4, 0.5) is 0 Å². The first-order valence-corrected chi connectivity index (χ1v) is 6.97. The van der Waals surface area contributed by atoms with Gasteiger partial charge in [0.1, 0.15) is 0 Å². The third-order valence-corrected chi connectivity index (χ3v) is 4.67. The number of benzene rings is 2. The van der Waals surface area contributed by atoms with Crippen molar-refractivity contribution in [2.24, 2.45) is 0 Å². The van der Waals surface area contributed by atoms with Crippen LogP contribution in [-0.4, -0.2) is 15.3 Å². The van der Waals surface area contributed by atoms with Gasteiger partial charge in [0.05, 0.1) is 21.3 Å². The summed E-state index contributed by atoms with van der Waals surface area (Å²) in [5, 5.41) is 9.15. The van der Waals surface area contributed by atoms with Crippen LogP contribution in [0, 0.1) is 13.8 Å². The summed E-state index contributed by atoms with van der Waals surface area (Å²) in [6, 6.07) is 12.0. The number of hydrogen-bond acceptors (Lipinski definition) is 2. The van der Waals surface area contributed by atoms with E-state index in [1.165, 1.54) is 6.07 Å².